The van der Waals surface area contributed by atoms with Gasteiger partial charge in [0.05, 0.1) is 18.7 Å². The maximum Gasteiger partial charge on any atom is 0.350 e. The smallest absolute Gasteiger partial charge is 0.350 e. The van der Waals surface area contributed by atoms with Crippen LogP contribution in [0.2, 0.25) is 0 Å². The minimum atomic E-state index is -0.502. The third-order valence-corrected chi connectivity index (χ3v) is 4.04. The lowest BCUT2D eigenvalue weighted by molar-refractivity contribution is -0.123. The molecular formula is C12H14N2O4S. The minimum Gasteiger partial charge on any atom is -0.465 e. The molecule has 1 unspecified atom stereocenters. The maximum absolute atomic E-state index is 11.9. The first-order valence-electron chi connectivity index (χ1n) is 5.72. The number of rotatable bonds is 3. The van der Waals surface area contributed by atoms with E-state index in [0.717, 1.165) is 4.88 Å². The van der Waals surface area contributed by atoms with E-state index in [1.807, 2.05) is 6.92 Å². The van der Waals surface area contributed by atoms with Crippen LogP contribution >= 0.6 is 11.3 Å². The van der Waals surface area contributed by atoms with Gasteiger partial charge in [0.15, 0.2) is 0 Å². The molecule has 0 saturated carbocycles. The van der Waals surface area contributed by atoms with Crippen LogP contribution in [0.15, 0.2) is 6.07 Å². The zero-order chi connectivity index (χ0) is 14.2. The van der Waals surface area contributed by atoms with Crippen molar-refractivity contribution in [3.63, 3.8) is 0 Å². The van der Waals surface area contributed by atoms with Crippen LogP contribution in [0.1, 0.15) is 21.0 Å². The van der Waals surface area contributed by atoms with Crippen LogP contribution in [0.25, 0.3) is 0 Å². The van der Waals surface area contributed by atoms with E-state index in [2.05, 4.69) is 0 Å². The Hall–Kier alpha value is -1.89. The van der Waals surface area contributed by atoms with E-state index in [1.165, 1.54) is 23.3 Å². The summed E-state index contributed by atoms with van der Waals surface area (Å²) in [5.74, 6) is -1.68. The monoisotopic (exact) mass is 282 g/mol. The molecule has 1 aliphatic heterocycles. The van der Waals surface area contributed by atoms with Gasteiger partial charge in [-0.1, -0.05) is 0 Å². The van der Waals surface area contributed by atoms with E-state index >= 15 is 0 Å². The topological polar surface area (TPSA) is 89.7 Å². The number of amides is 2. The van der Waals surface area contributed by atoms with Crippen molar-refractivity contribution in [1.82, 2.24) is 0 Å². The molecule has 6 nitrogen and oxygen atoms in total. The first-order chi connectivity index (χ1) is 8.93. The average molecular weight is 282 g/mol. The quantitative estimate of drug-likeness (QED) is 0.826. The third kappa shape index (κ3) is 2.46. The molecule has 1 aromatic heterocycles. The second kappa shape index (κ2) is 5.00. The first kappa shape index (κ1) is 13.5. The fourth-order valence-corrected chi connectivity index (χ4v) is 3.00. The molecule has 1 fully saturated rings. The summed E-state index contributed by atoms with van der Waals surface area (Å²) in [7, 11) is 1.29. The van der Waals surface area contributed by atoms with E-state index in [-0.39, 0.29) is 18.9 Å². The van der Waals surface area contributed by atoms with E-state index < -0.39 is 17.8 Å². The predicted octanol–water partition coefficient (Wildman–Crippen LogP) is 0.681. The Morgan fingerprint density at radius 3 is 2.74 bits per heavy atom. The number of carbonyl (C=O) groups excluding carboxylic acids is 3. The summed E-state index contributed by atoms with van der Waals surface area (Å²) in [6.45, 7) is 2.06. The van der Waals surface area contributed by atoms with E-state index in [1.54, 1.807) is 6.07 Å². The summed E-state index contributed by atoms with van der Waals surface area (Å²) in [4.78, 5) is 37.5. The van der Waals surface area contributed by atoms with Crippen LogP contribution in [-0.4, -0.2) is 31.4 Å². The Kier molecular flexibility index (Phi) is 3.57. The van der Waals surface area contributed by atoms with Gasteiger partial charge in [-0.15, -0.1) is 11.3 Å². The number of carbonyl (C=O) groups is 3. The highest BCUT2D eigenvalue weighted by Gasteiger charge is 2.36. The Labute approximate surface area is 114 Å². The van der Waals surface area contributed by atoms with Gasteiger partial charge in [0.1, 0.15) is 4.88 Å². The highest BCUT2D eigenvalue weighted by molar-refractivity contribution is 7.14. The van der Waals surface area contributed by atoms with E-state index in [4.69, 9.17) is 10.5 Å². The first-order valence-corrected chi connectivity index (χ1v) is 6.54. The van der Waals surface area contributed by atoms with Crippen LogP contribution in [-0.2, 0) is 14.3 Å². The van der Waals surface area contributed by atoms with E-state index in [9.17, 15) is 14.4 Å². The van der Waals surface area contributed by atoms with Gasteiger partial charge in [-0.2, -0.15) is 0 Å². The maximum atomic E-state index is 11.9. The minimum absolute atomic E-state index is 0.0881. The van der Waals surface area contributed by atoms with Gasteiger partial charge in [0.2, 0.25) is 11.8 Å². The lowest BCUT2D eigenvalue weighted by atomic mass is 10.1. The number of thiophene rings is 1. The lowest BCUT2D eigenvalue weighted by Crippen LogP contribution is -2.29. The Bertz CT molecular complexity index is 552. The van der Waals surface area contributed by atoms with Crippen molar-refractivity contribution in [2.24, 2.45) is 11.7 Å². The molecule has 0 radical (unpaired) electrons. The summed E-state index contributed by atoms with van der Waals surface area (Å²) in [6.07, 6.45) is 0.0881. The van der Waals surface area contributed by atoms with Crippen molar-refractivity contribution in [2.45, 2.75) is 13.3 Å². The number of primary amides is 1. The number of methoxy groups -OCH3 is 1. The largest absolute Gasteiger partial charge is 0.465 e. The summed E-state index contributed by atoms with van der Waals surface area (Å²) in [5.41, 5.74) is 5.73. The highest BCUT2D eigenvalue weighted by Crippen LogP contribution is 2.34. The third-order valence-electron chi connectivity index (χ3n) is 3.02. The normalized spacial score (nSPS) is 18.7. The molecule has 7 heteroatoms. The molecule has 1 aliphatic rings. The van der Waals surface area contributed by atoms with Crippen LogP contribution < -0.4 is 10.6 Å². The van der Waals surface area contributed by atoms with Gasteiger partial charge in [0, 0.05) is 17.8 Å². The van der Waals surface area contributed by atoms with Gasteiger partial charge >= 0.3 is 5.97 Å². The predicted molar refractivity (Wildman–Crippen MR) is 70.0 cm³/mol. The molecule has 0 aromatic carbocycles. The van der Waals surface area contributed by atoms with Crippen molar-refractivity contribution in [3.8, 4) is 0 Å². The number of nitrogens with zero attached hydrogens (tertiary/aromatic N) is 1. The van der Waals surface area contributed by atoms with Crippen molar-refractivity contribution >= 4 is 34.8 Å². The van der Waals surface area contributed by atoms with Crippen molar-refractivity contribution in [1.29, 1.82) is 0 Å². The van der Waals surface area contributed by atoms with Crippen LogP contribution in [0.5, 0.6) is 0 Å². The fraction of sp³-hybridized carbons (Fsp3) is 0.417. The second-order valence-corrected chi connectivity index (χ2v) is 5.63. The summed E-state index contributed by atoms with van der Waals surface area (Å²) in [6, 6.07) is 1.75. The molecule has 0 bridgehead atoms. The molecule has 2 amide bonds. The fourth-order valence-electron chi connectivity index (χ4n) is 2.07. The van der Waals surface area contributed by atoms with Gasteiger partial charge in [0.25, 0.3) is 0 Å². The lowest BCUT2D eigenvalue weighted by Gasteiger charge is -2.15. The number of anilines is 1. The second-order valence-electron chi connectivity index (χ2n) is 4.37. The SMILES string of the molecule is COC(=O)c1sc(C)cc1N1CC(C(N)=O)CC1=O. The van der Waals surface area contributed by atoms with Gasteiger partial charge in [-0.05, 0) is 13.0 Å². The molecule has 0 spiro atoms. The van der Waals surface area contributed by atoms with Gasteiger partial charge in [-0.25, -0.2) is 4.79 Å². The molecule has 0 aliphatic carbocycles. The standard InChI is InChI=1S/C12H14N2O4S/c1-6-3-8(10(19-6)12(17)18-2)14-5-7(11(13)16)4-9(14)15/h3,7H,4-5H2,1-2H3,(H2,13,16). The van der Waals surface area contributed by atoms with Gasteiger partial charge < -0.3 is 15.4 Å². The number of aryl methyl sites for hydroxylation is 1. The molecule has 1 saturated heterocycles. The number of esters is 1. The average Bonchev–Trinajstić information content (AvgIpc) is 2.91. The molecule has 2 heterocycles. The summed E-state index contributed by atoms with van der Waals surface area (Å²) in [5, 5.41) is 0. The molecule has 2 rings (SSSR count). The Balaban J connectivity index is 2.35. The number of nitrogens with two attached hydrogens (primary N) is 1. The zero-order valence-corrected chi connectivity index (χ0v) is 11.5. The van der Waals surface area contributed by atoms with Crippen molar-refractivity contribution < 1.29 is 19.1 Å². The molecule has 2 N–H and O–H groups in total. The molecule has 19 heavy (non-hydrogen) atoms. The highest BCUT2D eigenvalue weighted by atomic mass is 32.1. The molecular weight excluding hydrogens is 268 g/mol. The number of hydrogen-bond acceptors (Lipinski definition) is 5. The number of hydrogen-bond donors (Lipinski definition) is 1. The summed E-state index contributed by atoms with van der Waals surface area (Å²) < 4.78 is 4.70. The van der Waals surface area contributed by atoms with Crippen LogP contribution in [0, 0.1) is 12.8 Å². The van der Waals surface area contributed by atoms with Crippen molar-refractivity contribution in [3.05, 3.63) is 15.8 Å². The molecule has 1 aromatic rings. The number of ether oxygens (including phenoxy) is 1. The molecule has 102 valence electrons. The Morgan fingerprint density at radius 1 is 1.53 bits per heavy atom. The summed E-state index contributed by atoms with van der Waals surface area (Å²) >= 11 is 1.26. The van der Waals surface area contributed by atoms with Crippen LogP contribution in [0.4, 0.5) is 5.69 Å². The van der Waals surface area contributed by atoms with Crippen LogP contribution in [0.3, 0.4) is 0 Å². The Morgan fingerprint density at radius 2 is 2.21 bits per heavy atom. The van der Waals surface area contributed by atoms with Gasteiger partial charge in [-0.3, -0.25) is 9.59 Å². The zero-order valence-electron chi connectivity index (χ0n) is 10.6. The van der Waals surface area contributed by atoms with Crippen molar-refractivity contribution in [2.75, 3.05) is 18.6 Å². The molecule has 1 atom stereocenters. The van der Waals surface area contributed by atoms with E-state index in [0.29, 0.717) is 10.6 Å².